The standard InChI is InChI=1S/C58H63Cl3N6O10S2/c1-6-66-49-29-25-41(78(72,73)74)35-45(49)57(2,3)51(66)15-14-16-52-58(4,5)46-36-42(79(75,76)77)26-30-50(46)67(52)32-13-9-11-17-53(68)62-31-12-8-7-10-18-54(69)63-40-24-28-48(61)44(34-40)56(71)65-39-22-20-38(21-23-39)64-55(70)43-33-37(59)19-27-47(43)60/h14-16,19-30,33-36H,6-13,17-18,31-32H2,1-5H3,(H5-,62,63,64,65,68,69,70,71,72,73,74,75,76,77). The number of unbranched alkanes of at least 4 members (excludes halogenated alkanes) is 5. The van der Waals surface area contributed by atoms with E-state index in [0.717, 1.165) is 66.0 Å². The lowest BCUT2D eigenvalue weighted by molar-refractivity contribution is -0.438. The molecule has 16 nitrogen and oxygen atoms in total. The topological polar surface area (TPSA) is 234 Å². The second kappa shape index (κ2) is 25.4. The molecule has 5 aromatic rings. The fourth-order valence-electron chi connectivity index (χ4n) is 9.96. The number of benzene rings is 5. The summed E-state index contributed by atoms with van der Waals surface area (Å²) in [6, 6.07) is 24.8. The normalized spacial score (nSPS) is 15.1. The maximum Gasteiger partial charge on any atom is 0.294 e. The summed E-state index contributed by atoms with van der Waals surface area (Å²) in [6.45, 7) is 11.6. The molecule has 0 radical (unpaired) electrons. The Labute approximate surface area is 476 Å². The zero-order valence-electron chi connectivity index (χ0n) is 44.4. The highest BCUT2D eigenvalue weighted by atomic mass is 35.5. The van der Waals surface area contributed by atoms with Crippen LogP contribution in [-0.4, -0.2) is 79.5 Å². The minimum atomic E-state index is -4.66. The van der Waals surface area contributed by atoms with Crippen molar-refractivity contribution in [1.82, 2.24) is 5.32 Å². The van der Waals surface area contributed by atoms with Gasteiger partial charge in [-0.2, -0.15) is 13.0 Å². The molecular formula is C58H63Cl3N6O10S2. The largest absolute Gasteiger partial charge is 0.744 e. The van der Waals surface area contributed by atoms with Crippen molar-refractivity contribution in [2.75, 3.05) is 40.5 Å². The van der Waals surface area contributed by atoms with Crippen molar-refractivity contribution in [3.63, 3.8) is 0 Å². The van der Waals surface area contributed by atoms with Gasteiger partial charge < -0.3 is 30.7 Å². The first-order valence-corrected chi connectivity index (χ1v) is 29.9. The third-order valence-electron chi connectivity index (χ3n) is 14.1. The van der Waals surface area contributed by atoms with Gasteiger partial charge in [0.2, 0.25) is 17.5 Å². The molecule has 7 rings (SSSR count). The Bertz CT molecular complexity index is 3510. The molecule has 0 aliphatic carbocycles. The summed E-state index contributed by atoms with van der Waals surface area (Å²) in [4.78, 5) is 53.1. The first-order chi connectivity index (χ1) is 37.3. The number of hydrogen-bond donors (Lipinski definition) is 5. The predicted octanol–water partition coefficient (Wildman–Crippen LogP) is 12.2. The monoisotopic (exact) mass is 1170 g/mol. The van der Waals surface area contributed by atoms with E-state index in [2.05, 4.69) is 30.7 Å². The van der Waals surface area contributed by atoms with Crippen molar-refractivity contribution in [3.8, 4) is 0 Å². The van der Waals surface area contributed by atoms with Crippen LogP contribution in [0.5, 0.6) is 0 Å². The molecule has 0 unspecified atom stereocenters. The molecule has 2 aliphatic rings. The van der Waals surface area contributed by atoms with E-state index in [0.29, 0.717) is 61.0 Å². The number of nitrogens with zero attached hydrogens (tertiary/aromatic N) is 2. The van der Waals surface area contributed by atoms with E-state index in [1.54, 1.807) is 48.5 Å². The Morgan fingerprint density at radius 3 is 1.85 bits per heavy atom. The third kappa shape index (κ3) is 14.7. The summed E-state index contributed by atoms with van der Waals surface area (Å²) in [5.41, 5.74) is 5.28. The van der Waals surface area contributed by atoms with Gasteiger partial charge in [0.25, 0.3) is 21.9 Å². The zero-order chi connectivity index (χ0) is 57.5. The van der Waals surface area contributed by atoms with Crippen LogP contribution in [0.3, 0.4) is 0 Å². The van der Waals surface area contributed by atoms with E-state index in [1.165, 1.54) is 48.5 Å². The Balaban J connectivity index is 0.839. The number of halogens is 3. The average Bonchev–Trinajstić information content (AvgIpc) is 4.01. The van der Waals surface area contributed by atoms with Gasteiger partial charge in [0.1, 0.15) is 16.7 Å². The van der Waals surface area contributed by atoms with Crippen LogP contribution in [0.2, 0.25) is 15.1 Å². The lowest BCUT2D eigenvalue weighted by Gasteiger charge is -2.25. The van der Waals surface area contributed by atoms with Crippen molar-refractivity contribution in [1.29, 1.82) is 0 Å². The molecule has 79 heavy (non-hydrogen) atoms. The maximum absolute atomic E-state index is 13.2. The Morgan fingerprint density at radius 2 is 1.22 bits per heavy atom. The highest BCUT2D eigenvalue weighted by molar-refractivity contribution is 7.86. The number of nitrogens with one attached hydrogen (secondary N) is 4. The molecule has 0 spiro atoms. The van der Waals surface area contributed by atoms with Crippen molar-refractivity contribution in [2.24, 2.45) is 0 Å². The van der Waals surface area contributed by atoms with Crippen LogP contribution in [0.25, 0.3) is 0 Å². The molecule has 0 fully saturated rings. The SMILES string of the molecule is CCN1C(=C/C=C/C2=[N+](CCCCCC(=O)NCCCCCCC(=O)Nc3ccc(Cl)c(C(=O)Nc4ccc(NC(=O)c5cc(Cl)ccc5Cl)cc4)c3)c3ccc(S(=O)(=O)O)cc3C2(C)C)C(C)(C)c2cc(S(=O)(=O)[O-])ccc21. The molecule has 4 amide bonds. The molecule has 21 heteroatoms. The van der Waals surface area contributed by atoms with Crippen LogP contribution < -0.4 is 26.2 Å². The number of carbonyl (C=O) groups is 4. The van der Waals surface area contributed by atoms with E-state index >= 15 is 0 Å². The van der Waals surface area contributed by atoms with E-state index < -0.39 is 42.9 Å². The fraction of sp³-hybridized carbons (Fsp3) is 0.328. The summed E-state index contributed by atoms with van der Waals surface area (Å²) in [5, 5.41) is 12.2. The number of hydrogen-bond acceptors (Lipinski definition) is 10. The quantitative estimate of drug-likeness (QED) is 0.0234. The highest BCUT2D eigenvalue weighted by Crippen LogP contribution is 2.48. The van der Waals surface area contributed by atoms with Crippen LogP contribution >= 0.6 is 34.8 Å². The Hall–Kier alpha value is -6.38. The van der Waals surface area contributed by atoms with E-state index in [4.69, 9.17) is 34.8 Å². The Morgan fingerprint density at radius 1 is 0.646 bits per heavy atom. The molecule has 5 N–H and O–H groups in total. The summed E-state index contributed by atoms with van der Waals surface area (Å²) in [6.07, 6.45) is 11.6. The van der Waals surface area contributed by atoms with Gasteiger partial charge in [-0.1, -0.05) is 67.6 Å². The molecule has 0 aromatic heterocycles. The lowest BCUT2D eigenvalue weighted by Crippen LogP contribution is -2.28. The number of fused-ring (bicyclic) bond motifs is 2. The summed E-state index contributed by atoms with van der Waals surface area (Å²) in [7, 11) is -9.13. The lowest BCUT2D eigenvalue weighted by atomic mass is 9.81. The second-order valence-electron chi connectivity index (χ2n) is 20.4. The predicted molar refractivity (Wildman–Crippen MR) is 310 cm³/mol. The molecule has 2 aliphatic heterocycles. The summed E-state index contributed by atoms with van der Waals surface area (Å²) in [5.74, 6) is -1.21. The van der Waals surface area contributed by atoms with Gasteiger partial charge in [-0.25, -0.2) is 8.42 Å². The zero-order valence-corrected chi connectivity index (χ0v) is 48.3. The van der Waals surface area contributed by atoms with Crippen LogP contribution in [-0.2, 0) is 40.7 Å². The number of allylic oxidation sites excluding steroid dienone is 4. The highest BCUT2D eigenvalue weighted by Gasteiger charge is 2.45. The van der Waals surface area contributed by atoms with Crippen LogP contribution in [0.15, 0.2) is 131 Å². The van der Waals surface area contributed by atoms with Crippen molar-refractivity contribution < 1.29 is 49.7 Å². The fourth-order valence-corrected chi connectivity index (χ4v) is 11.5. The molecular weight excluding hydrogens is 1110 g/mol. The van der Waals surface area contributed by atoms with Gasteiger partial charge in [-0.05, 0) is 149 Å². The van der Waals surface area contributed by atoms with Gasteiger partial charge in [0, 0.05) is 88.9 Å². The van der Waals surface area contributed by atoms with E-state index in [9.17, 15) is 45.1 Å². The second-order valence-corrected chi connectivity index (χ2v) is 24.5. The number of carbonyl (C=O) groups excluding carboxylic acids is 4. The molecule has 5 aromatic carbocycles. The summed E-state index contributed by atoms with van der Waals surface area (Å²) < 4.78 is 72.3. The molecule has 0 saturated carbocycles. The molecule has 418 valence electrons. The Kier molecular flexibility index (Phi) is 19.4. The molecule has 0 saturated heterocycles. The maximum atomic E-state index is 13.2. The van der Waals surface area contributed by atoms with Gasteiger partial charge in [0.05, 0.1) is 36.4 Å². The van der Waals surface area contributed by atoms with Crippen LogP contribution in [0.4, 0.5) is 28.4 Å². The minimum absolute atomic E-state index is 0.0482. The van der Waals surface area contributed by atoms with Crippen molar-refractivity contribution in [2.45, 2.75) is 113 Å². The minimum Gasteiger partial charge on any atom is -0.744 e. The summed E-state index contributed by atoms with van der Waals surface area (Å²) >= 11 is 18.5. The first kappa shape index (κ1) is 60.3. The number of likely N-dealkylation sites (N-methyl/N-ethyl adjacent to an activating group) is 1. The third-order valence-corrected chi connectivity index (χ3v) is 16.7. The number of anilines is 4. The number of amides is 4. The van der Waals surface area contributed by atoms with Gasteiger partial charge >= 0.3 is 0 Å². The van der Waals surface area contributed by atoms with Gasteiger partial charge in [0.15, 0.2) is 5.71 Å². The van der Waals surface area contributed by atoms with Crippen molar-refractivity contribution >= 4 is 113 Å². The van der Waals surface area contributed by atoms with Crippen molar-refractivity contribution in [3.05, 3.63) is 158 Å². The van der Waals surface area contributed by atoms with Crippen LogP contribution in [0, 0.1) is 0 Å². The average molecular weight is 1170 g/mol. The smallest absolute Gasteiger partial charge is 0.294 e. The first-order valence-electron chi connectivity index (χ1n) is 25.9. The number of rotatable bonds is 23. The molecule has 2 heterocycles. The van der Waals surface area contributed by atoms with Gasteiger partial charge in [-0.3, -0.25) is 23.7 Å². The van der Waals surface area contributed by atoms with E-state index in [-0.39, 0.29) is 49.2 Å². The van der Waals surface area contributed by atoms with Gasteiger partial charge in [-0.15, -0.1) is 0 Å². The van der Waals surface area contributed by atoms with E-state index in [1.807, 2.05) is 52.8 Å². The van der Waals surface area contributed by atoms with Crippen LogP contribution in [0.1, 0.15) is 124 Å². The molecule has 0 atom stereocenters. The molecule has 0 bridgehead atoms.